The van der Waals surface area contributed by atoms with Gasteiger partial charge >= 0.3 is 11.9 Å². The highest BCUT2D eigenvalue weighted by Gasteiger charge is 2.39. The number of carboxylic acids is 2. The molecule has 1 aromatic rings. The Hall–Kier alpha value is -5.30. The van der Waals surface area contributed by atoms with Crippen LogP contribution in [0.15, 0.2) is 24.3 Å². The molecule has 1 heterocycles. The number of aromatic hydroxyl groups is 1. The summed E-state index contributed by atoms with van der Waals surface area (Å²) < 4.78 is 0. The number of benzene rings is 1. The lowest BCUT2D eigenvalue weighted by Crippen LogP contribution is -2.58. The van der Waals surface area contributed by atoms with Crippen molar-refractivity contribution in [1.29, 1.82) is 0 Å². The molecule has 0 aliphatic carbocycles. The Labute approximate surface area is 274 Å². The Morgan fingerprint density at radius 3 is 2.17 bits per heavy atom. The fourth-order valence-corrected chi connectivity index (χ4v) is 4.84. The molecule has 19 nitrogen and oxygen atoms in total. The third kappa shape index (κ3) is 12.1. The van der Waals surface area contributed by atoms with Gasteiger partial charge in [-0.1, -0.05) is 12.1 Å². The quantitative estimate of drug-likeness (QED) is 0.0709. The number of phenols is 1. The number of aliphatic hydroxyl groups excluding tert-OH is 1. The van der Waals surface area contributed by atoms with Gasteiger partial charge in [-0.05, 0) is 43.9 Å². The standard InChI is InChI=1S/C29H41N7O12/c1-14(37)24(29(47)48)35-27(45)20-3-2-10-36(20)28(46)19(11-15-4-6-16(38)7-5-15)33-22(40)13-32-26(44)18(12-21(31)39)34-25(43)17(30)8-9-23(41)42/h4-7,14,17-20,24,37-38H,2-3,8-13,30H2,1H3,(H2,31,39)(H,32,44)(H,33,40)(H,34,43)(H,35,45)(H,41,42)(H,47,48)/t14-,17+,18+,19+,20+,24+/m1/s1. The molecule has 19 heteroatoms. The topological polar surface area (TPSA) is 321 Å². The van der Waals surface area contributed by atoms with Crippen LogP contribution < -0.4 is 32.7 Å². The van der Waals surface area contributed by atoms with Crippen molar-refractivity contribution in [3.05, 3.63) is 29.8 Å². The van der Waals surface area contributed by atoms with Crippen LogP contribution in [0, 0.1) is 0 Å². The van der Waals surface area contributed by atoms with E-state index in [1.165, 1.54) is 36.1 Å². The lowest BCUT2D eigenvalue weighted by molar-refractivity contribution is -0.147. The van der Waals surface area contributed by atoms with Crippen LogP contribution in [0.4, 0.5) is 0 Å². The Kier molecular flexibility index (Phi) is 14.7. The Morgan fingerprint density at radius 1 is 0.958 bits per heavy atom. The molecule has 1 aromatic carbocycles. The van der Waals surface area contributed by atoms with Gasteiger partial charge in [0.2, 0.25) is 35.4 Å². The lowest BCUT2D eigenvalue weighted by atomic mass is 10.0. The highest BCUT2D eigenvalue weighted by Crippen LogP contribution is 2.21. The van der Waals surface area contributed by atoms with Crippen LogP contribution in [0.5, 0.6) is 5.75 Å². The van der Waals surface area contributed by atoms with E-state index in [2.05, 4.69) is 21.3 Å². The summed E-state index contributed by atoms with van der Waals surface area (Å²) in [5, 5.41) is 46.7. The monoisotopic (exact) mass is 679 g/mol. The van der Waals surface area contributed by atoms with Crippen LogP contribution in [0.25, 0.3) is 0 Å². The van der Waals surface area contributed by atoms with Gasteiger partial charge in [-0.25, -0.2) is 4.79 Å². The van der Waals surface area contributed by atoms with Gasteiger partial charge in [0.25, 0.3) is 0 Å². The zero-order chi connectivity index (χ0) is 36.1. The van der Waals surface area contributed by atoms with Crippen LogP contribution in [0.1, 0.15) is 44.6 Å². The number of hydrogen-bond acceptors (Lipinski definition) is 11. The van der Waals surface area contributed by atoms with E-state index in [1.54, 1.807) is 0 Å². The van der Waals surface area contributed by atoms with Crippen LogP contribution in [-0.2, 0) is 44.8 Å². The van der Waals surface area contributed by atoms with Crippen LogP contribution in [-0.4, -0.2) is 122 Å². The van der Waals surface area contributed by atoms with Crippen molar-refractivity contribution in [2.24, 2.45) is 11.5 Å². The van der Waals surface area contributed by atoms with E-state index >= 15 is 0 Å². The number of carboxylic acid groups (broad SMARTS) is 2. The number of likely N-dealkylation sites (tertiary alicyclic amines) is 1. The van der Waals surface area contributed by atoms with E-state index in [0.717, 1.165) is 0 Å². The minimum atomic E-state index is -1.63. The van der Waals surface area contributed by atoms with Gasteiger partial charge in [0.15, 0.2) is 6.04 Å². The van der Waals surface area contributed by atoms with E-state index in [1.807, 2.05) is 0 Å². The Bertz CT molecular complexity index is 1370. The number of carbonyl (C=O) groups is 8. The molecule has 0 spiro atoms. The number of nitrogens with two attached hydrogens (primary N) is 2. The number of nitrogens with one attached hydrogen (secondary N) is 4. The predicted molar refractivity (Wildman–Crippen MR) is 163 cm³/mol. The smallest absolute Gasteiger partial charge is 0.328 e. The number of primary amides is 1. The van der Waals surface area contributed by atoms with Crippen molar-refractivity contribution in [3.8, 4) is 5.75 Å². The summed E-state index contributed by atoms with van der Waals surface area (Å²) in [4.78, 5) is 99.8. The fourth-order valence-electron chi connectivity index (χ4n) is 4.84. The van der Waals surface area contributed by atoms with E-state index in [9.17, 15) is 53.7 Å². The molecular formula is C29H41N7O12. The zero-order valence-electron chi connectivity index (χ0n) is 26.1. The summed E-state index contributed by atoms with van der Waals surface area (Å²) in [6.45, 7) is 0.526. The third-order valence-electron chi connectivity index (χ3n) is 7.36. The first kappa shape index (κ1) is 38.9. The SMILES string of the molecule is C[C@@H](O)[C@H](NC(=O)[C@@H]1CCCN1C(=O)[C@H](Cc1ccc(O)cc1)NC(=O)CNC(=O)[C@H](CC(N)=O)NC(=O)[C@@H](N)CCC(=O)O)C(=O)O. The Balaban J connectivity index is 2.18. The number of carbonyl (C=O) groups excluding carboxylic acids is 6. The van der Waals surface area contributed by atoms with Crippen molar-refractivity contribution in [2.45, 2.75) is 81.8 Å². The molecule has 2 rings (SSSR count). The van der Waals surface area contributed by atoms with Gasteiger partial charge < -0.3 is 58.1 Å². The third-order valence-corrected chi connectivity index (χ3v) is 7.36. The summed E-state index contributed by atoms with van der Waals surface area (Å²) >= 11 is 0. The van der Waals surface area contributed by atoms with Gasteiger partial charge in [-0.2, -0.15) is 0 Å². The molecule has 6 atom stereocenters. The van der Waals surface area contributed by atoms with Gasteiger partial charge in [-0.15, -0.1) is 0 Å². The molecule has 1 aliphatic rings. The summed E-state index contributed by atoms with van der Waals surface area (Å²) in [6.07, 6.45) is -2.37. The Morgan fingerprint density at radius 2 is 1.60 bits per heavy atom. The molecule has 0 aromatic heterocycles. The first-order valence-electron chi connectivity index (χ1n) is 14.9. The van der Waals surface area contributed by atoms with Gasteiger partial charge in [-0.3, -0.25) is 33.6 Å². The summed E-state index contributed by atoms with van der Waals surface area (Å²) in [5.41, 5.74) is 11.3. The molecule has 0 radical (unpaired) electrons. The van der Waals surface area contributed by atoms with Crippen molar-refractivity contribution < 1.29 is 58.8 Å². The fraction of sp³-hybridized carbons (Fsp3) is 0.517. The highest BCUT2D eigenvalue weighted by molar-refractivity contribution is 5.96. The molecule has 12 N–H and O–H groups in total. The molecular weight excluding hydrogens is 638 g/mol. The van der Waals surface area contributed by atoms with Gasteiger partial charge in [0, 0.05) is 19.4 Å². The molecule has 1 saturated heterocycles. The van der Waals surface area contributed by atoms with Crippen LogP contribution >= 0.6 is 0 Å². The molecule has 1 fully saturated rings. The summed E-state index contributed by atoms with van der Waals surface area (Å²) in [5.74, 6) is -8.08. The van der Waals surface area contributed by atoms with Crippen LogP contribution in [0.2, 0.25) is 0 Å². The maximum Gasteiger partial charge on any atom is 0.328 e. The number of hydrogen-bond donors (Lipinski definition) is 10. The summed E-state index contributed by atoms with van der Waals surface area (Å²) in [7, 11) is 0. The second kappa shape index (κ2) is 18.1. The highest BCUT2D eigenvalue weighted by atomic mass is 16.4. The molecule has 0 bridgehead atoms. The number of amides is 6. The second-order valence-electron chi connectivity index (χ2n) is 11.2. The lowest BCUT2D eigenvalue weighted by Gasteiger charge is -2.30. The average molecular weight is 680 g/mol. The minimum Gasteiger partial charge on any atom is -0.508 e. The van der Waals surface area contributed by atoms with E-state index < -0.39 is 103 Å². The van der Waals surface area contributed by atoms with E-state index in [0.29, 0.717) is 12.0 Å². The number of nitrogens with zero attached hydrogens (tertiary/aromatic N) is 1. The maximum absolute atomic E-state index is 13.8. The van der Waals surface area contributed by atoms with Crippen molar-refractivity contribution in [3.63, 3.8) is 0 Å². The van der Waals surface area contributed by atoms with E-state index in [-0.39, 0.29) is 31.6 Å². The average Bonchev–Trinajstić information content (AvgIpc) is 3.51. The second-order valence-corrected chi connectivity index (χ2v) is 11.2. The number of aliphatic carboxylic acids is 2. The first-order valence-corrected chi connectivity index (χ1v) is 14.9. The number of phenolic OH excluding ortho intramolecular Hbond substituents is 1. The van der Waals surface area contributed by atoms with E-state index in [4.69, 9.17) is 16.6 Å². The molecule has 264 valence electrons. The van der Waals surface area contributed by atoms with Gasteiger partial charge in [0.05, 0.1) is 25.1 Å². The predicted octanol–water partition coefficient (Wildman–Crippen LogP) is -3.97. The summed E-state index contributed by atoms with van der Waals surface area (Å²) in [6, 6.07) is -1.24. The maximum atomic E-state index is 13.8. The largest absolute Gasteiger partial charge is 0.508 e. The van der Waals surface area contributed by atoms with Crippen molar-refractivity contribution in [2.75, 3.05) is 13.1 Å². The first-order chi connectivity index (χ1) is 22.5. The molecule has 6 amide bonds. The zero-order valence-corrected chi connectivity index (χ0v) is 26.1. The minimum absolute atomic E-state index is 0.0591. The number of aliphatic hydroxyl groups is 1. The van der Waals surface area contributed by atoms with Gasteiger partial charge in [0.1, 0.15) is 23.9 Å². The number of rotatable bonds is 18. The van der Waals surface area contributed by atoms with Crippen molar-refractivity contribution >= 4 is 47.4 Å². The molecule has 48 heavy (non-hydrogen) atoms. The molecule has 0 unspecified atom stereocenters. The normalized spacial score (nSPS) is 17.1. The van der Waals surface area contributed by atoms with Crippen LogP contribution in [0.3, 0.4) is 0 Å². The van der Waals surface area contributed by atoms with Crippen molar-refractivity contribution in [1.82, 2.24) is 26.2 Å². The molecule has 0 saturated carbocycles. The molecule has 1 aliphatic heterocycles.